The Hall–Kier alpha value is -0.130. The SMILES string of the molecule is CC1CN(CCNCc2ccc(Cl)s2)C(C)CO1. The van der Waals surface area contributed by atoms with Crippen LogP contribution in [0.15, 0.2) is 12.1 Å². The molecular weight excluding hydrogens is 268 g/mol. The van der Waals surface area contributed by atoms with Crippen LogP contribution in [0.2, 0.25) is 4.34 Å². The Labute approximate surface area is 118 Å². The molecule has 0 bridgehead atoms. The fourth-order valence-corrected chi connectivity index (χ4v) is 3.22. The van der Waals surface area contributed by atoms with Gasteiger partial charge in [-0.1, -0.05) is 11.6 Å². The third-order valence-corrected chi connectivity index (χ3v) is 4.47. The van der Waals surface area contributed by atoms with E-state index in [1.165, 1.54) is 4.88 Å². The number of nitrogens with zero attached hydrogens (tertiary/aromatic N) is 1. The van der Waals surface area contributed by atoms with E-state index in [9.17, 15) is 0 Å². The molecule has 1 fully saturated rings. The van der Waals surface area contributed by atoms with Gasteiger partial charge in [-0.3, -0.25) is 4.90 Å². The molecule has 0 saturated carbocycles. The summed E-state index contributed by atoms with van der Waals surface area (Å²) in [6.07, 6.45) is 0.359. The van der Waals surface area contributed by atoms with E-state index in [1.54, 1.807) is 11.3 Å². The molecule has 2 unspecified atom stereocenters. The van der Waals surface area contributed by atoms with Gasteiger partial charge in [-0.15, -0.1) is 11.3 Å². The molecule has 1 saturated heterocycles. The van der Waals surface area contributed by atoms with Crippen LogP contribution < -0.4 is 5.32 Å². The molecule has 0 spiro atoms. The van der Waals surface area contributed by atoms with Crippen molar-refractivity contribution in [3.05, 3.63) is 21.3 Å². The number of halogens is 1. The monoisotopic (exact) mass is 288 g/mol. The molecule has 1 aliphatic rings. The Morgan fingerprint density at radius 2 is 2.33 bits per heavy atom. The van der Waals surface area contributed by atoms with Gasteiger partial charge in [-0.2, -0.15) is 0 Å². The third kappa shape index (κ3) is 4.21. The molecule has 1 aliphatic heterocycles. The molecule has 0 aromatic carbocycles. The molecule has 0 aliphatic carbocycles. The van der Waals surface area contributed by atoms with Crippen LogP contribution >= 0.6 is 22.9 Å². The quantitative estimate of drug-likeness (QED) is 0.843. The molecule has 5 heteroatoms. The lowest BCUT2D eigenvalue weighted by atomic mass is 10.2. The van der Waals surface area contributed by atoms with Crippen molar-refractivity contribution in [2.24, 2.45) is 0 Å². The first-order valence-electron chi connectivity index (χ1n) is 6.45. The van der Waals surface area contributed by atoms with E-state index >= 15 is 0 Å². The van der Waals surface area contributed by atoms with Crippen molar-refractivity contribution in [2.45, 2.75) is 32.5 Å². The Bertz CT molecular complexity index is 372. The van der Waals surface area contributed by atoms with Gasteiger partial charge in [-0.05, 0) is 26.0 Å². The van der Waals surface area contributed by atoms with Gasteiger partial charge in [0.1, 0.15) is 0 Å². The molecular formula is C13H21ClN2OS. The molecule has 1 N–H and O–H groups in total. The van der Waals surface area contributed by atoms with Gasteiger partial charge in [0.2, 0.25) is 0 Å². The van der Waals surface area contributed by atoms with Crippen molar-refractivity contribution in [3.8, 4) is 0 Å². The minimum Gasteiger partial charge on any atom is -0.376 e. The van der Waals surface area contributed by atoms with Gasteiger partial charge < -0.3 is 10.1 Å². The average molecular weight is 289 g/mol. The maximum Gasteiger partial charge on any atom is 0.0931 e. The lowest BCUT2D eigenvalue weighted by Crippen LogP contribution is -2.49. The molecule has 102 valence electrons. The van der Waals surface area contributed by atoms with Gasteiger partial charge in [0.05, 0.1) is 17.0 Å². The second kappa shape index (κ2) is 6.87. The molecule has 0 radical (unpaired) electrons. The number of rotatable bonds is 5. The van der Waals surface area contributed by atoms with Crippen molar-refractivity contribution in [2.75, 3.05) is 26.2 Å². The lowest BCUT2D eigenvalue weighted by Gasteiger charge is -2.36. The summed E-state index contributed by atoms with van der Waals surface area (Å²) in [7, 11) is 0. The minimum absolute atomic E-state index is 0.359. The highest BCUT2D eigenvalue weighted by atomic mass is 35.5. The van der Waals surface area contributed by atoms with Crippen molar-refractivity contribution in [1.82, 2.24) is 10.2 Å². The summed E-state index contributed by atoms with van der Waals surface area (Å²) in [5, 5.41) is 3.47. The van der Waals surface area contributed by atoms with Crippen LogP contribution in [0.3, 0.4) is 0 Å². The maximum atomic E-state index is 5.90. The second-order valence-corrected chi connectivity index (χ2v) is 6.67. The van der Waals surface area contributed by atoms with Gasteiger partial charge in [0, 0.05) is 37.1 Å². The predicted molar refractivity (Wildman–Crippen MR) is 77.5 cm³/mol. The first-order valence-corrected chi connectivity index (χ1v) is 7.65. The topological polar surface area (TPSA) is 24.5 Å². The summed E-state index contributed by atoms with van der Waals surface area (Å²) in [5.74, 6) is 0. The molecule has 18 heavy (non-hydrogen) atoms. The number of nitrogens with one attached hydrogen (secondary N) is 1. The molecule has 2 atom stereocenters. The van der Waals surface area contributed by atoms with Crippen LogP contribution in [0.4, 0.5) is 0 Å². The number of hydrogen-bond donors (Lipinski definition) is 1. The van der Waals surface area contributed by atoms with E-state index in [-0.39, 0.29) is 0 Å². The van der Waals surface area contributed by atoms with Crippen molar-refractivity contribution >= 4 is 22.9 Å². The standard InChI is InChI=1S/C13H21ClN2OS/c1-10-9-17-11(2)8-16(10)6-5-15-7-12-3-4-13(14)18-12/h3-4,10-11,15H,5-9H2,1-2H3. The van der Waals surface area contributed by atoms with Crippen LogP contribution in [0.25, 0.3) is 0 Å². The summed E-state index contributed by atoms with van der Waals surface area (Å²) in [5.41, 5.74) is 0. The maximum absolute atomic E-state index is 5.90. The molecule has 1 aromatic heterocycles. The van der Waals surface area contributed by atoms with Gasteiger partial charge >= 0.3 is 0 Å². The molecule has 2 heterocycles. The zero-order valence-corrected chi connectivity index (χ0v) is 12.6. The lowest BCUT2D eigenvalue weighted by molar-refractivity contribution is -0.0486. The Kier molecular flexibility index (Phi) is 5.45. The van der Waals surface area contributed by atoms with Gasteiger partial charge in [-0.25, -0.2) is 0 Å². The normalized spacial score (nSPS) is 25.5. The van der Waals surface area contributed by atoms with E-state index in [2.05, 4.69) is 30.1 Å². The summed E-state index contributed by atoms with van der Waals surface area (Å²) in [4.78, 5) is 3.78. The summed E-state index contributed by atoms with van der Waals surface area (Å²) >= 11 is 7.54. The van der Waals surface area contributed by atoms with E-state index in [1.807, 2.05) is 6.07 Å². The number of morpholine rings is 1. The Balaban J connectivity index is 1.65. The zero-order valence-electron chi connectivity index (χ0n) is 11.0. The zero-order chi connectivity index (χ0) is 13.0. The number of thiophene rings is 1. The molecule has 2 rings (SSSR count). The van der Waals surface area contributed by atoms with Crippen LogP contribution in [-0.4, -0.2) is 43.3 Å². The first kappa shape index (κ1) is 14.3. The Morgan fingerprint density at radius 1 is 1.50 bits per heavy atom. The van der Waals surface area contributed by atoms with E-state index in [0.717, 1.165) is 37.1 Å². The van der Waals surface area contributed by atoms with Crippen LogP contribution in [-0.2, 0) is 11.3 Å². The van der Waals surface area contributed by atoms with Crippen LogP contribution in [0.5, 0.6) is 0 Å². The van der Waals surface area contributed by atoms with Gasteiger partial charge in [0.15, 0.2) is 0 Å². The van der Waals surface area contributed by atoms with E-state index < -0.39 is 0 Å². The average Bonchev–Trinajstić information content (AvgIpc) is 2.75. The summed E-state index contributed by atoms with van der Waals surface area (Å²) in [6, 6.07) is 4.56. The highest BCUT2D eigenvalue weighted by molar-refractivity contribution is 7.16. The van der Waals surface area contributed by atoms with Crippen molar-refractivity contribution in [1.29, 1.82) is 0 Å². The Morgan fingerprint density at radius 3 is 3.06 bits per heavy atom. The highest BCUT2D eigenvalue weighted by Gasteiger charge is 2.22. The van der Waals surface area contributed by atoms with E-state index in [4.69, 9.17) is 16.3 Å². The van der Waals surface area contributed by atoms with Crippen molar-refractivity contribution in [3.63, 3.8) is 0 Å². The third-order valence-electron chi connectivity index (χ3n) is 3.24. The van der Waals surface area contributed by atoms with Gasteiger partial charge in [0.25, 0.3) is 0 Å². The summed E-state index contributed by atoms with van der Waals surface area (Å²) in [6.45, 7) is 9.24. The number of hydrogen-bond acceptors (Lipinski definition) is 4. The molecule has 1 aromatic rings. The minimum atomic E-state index is 0.359. The number of ether oxygens (including phenoxy) is 1. The van der Waals surface area contributed by atoms with Crippen LogP contribution in [0, 0.1) is 0 Å². The van der Waals surface area contributed by atoms with E-state index in [0.29, 0.717) is 12.1 Å². The molecule has 3 nitrogen and oxygen atoms in total. The fraction of sp³-hybridized carbons (Fsp3) is 0.692. The molecule has 0 amide bonds. The summed E-state index contributed by atoms with van der Waals surface area (Å²) < 4.78 is 6.49. The van der Waals surface area contributed by atoms with Crippen LogP contribution in [0.1, 0.15) is 18.7 Å². The second-order valence-electron chi connectivity index (χ2n) is 4.87. The predicted octanol–water partition coefficient (Wildman–Crippen LogP) is 2.60. The first-order chi connectivity index (χ1) is 8.65. The smallest absolute Gasteiger partial charge is 0.0931 e. The highest BCUT2D eigenvalue weighted by Crippen LogP contribution is 2.20. The van der Waals surface area contributed by atoms with Crippen molar-refractivity contribution < 1.29 is 4.74 Å². The fourth-order valence-electron chi connectivity index (χ4n) is 2.16. The largest absolute Gasteiger partial charge is 0.376 e.